The van der Waals surface area contributed by atoms with Crippen molar-refractivity contribution in [3.8, 4) is 11.5 Å². The summed E-state index contributed by atoms with van der Waals surface area (Å²) in [7, 11) is 0. The number of alkyl halides is 10. The summed E-state index contributed by atoms with van der Waals surface area (Å²) in [6.45, 7) is 0. The fourth-order valence-corrected chi connectivity index (χ4v) is 7.10. The number of benzene rings is 4. The first-order valence-corrected chi connectivity index (χ1v) is 17.1. The number of hydrogen-bond acceptors (Lipinski definition) is 3. The van der Waals surface area contributed by atoms with Gasteiger partial charge in [0.15, 0.2) is 0 Å². The van der Waals surface area contributed by atoms with Crippen molar-refractivity contribution in [2.24, 2.45) is 11.8 Å². The lowest BCUT2D eigenvalue weighted by atomic mass is 9.87. The van der Waals surface area contributed by atoms with E-state index in [1.807, 2.05) is 0 Å². The van der Waals surface area contributed by atoms with E-state index in [1.54, 1.807) is 36.4 Å². The first kappa shape index (κ1) is 38.7. The van der Waals surface area contributed by atoms with Crippen LogP contribution in [0.3, 0.4) is 0 Å². The molecule has 0 amide bonds. The first-order valence-electron chi connectivity index (χ1n) is 16.3. The molecule has 0 unspecified atom stereocenters. The SMILES string of the molecule is FC(F)c1c(OC2CCC(C(F)(F)F)CC2)ccc2ccc(Br)cc12.O=Cc1ccc2ccc(OC3CCC(C(F)(F)F)CC3)c(C(F)F)c2c1. The summed E-state index contributed by atoms with van der Waals surface area (Å²) >= 11 is 3.27. The van der Waals surface area contributed by atoms with Gasteiger partial charge in [-0.2, -0.15) is 26.3 Å². The van der Waals surface area contributed by atoms with Crippen molar-refractivity contribution in [3.05, 3.63) is 81.8 Å². The maximum atomic E-state index is 13.6. The second-order valence-corrected chi connectivity index (χ2v) is 13.7. The van der Waals surface area contributed by atoms with Crippen LogP contribution < -0.4 is 9.47 Å². The smallest absolute Gasteiger partial charge is 0.391 e. The van der Waals surface area contributed by atoms with Gasteiger partial charge in [-0.05, 0) is 103 Å². The molecule has 0 atom stereocenters. The quantitative estimate of drug-likeness (QED) is 0.138. The van der Waals surface area contributed by atoms with E-state index >= 15 is 0 Å². The summed E-state index contributed by atoms with van der Waals surface area (Å²) in [5, 5.41) is 1.79. The first-order chi connectivity index (χ1) is 24.0. The van der Waals surface area contributed by atoms with E-state index in [1.165, 1.54) is 24.3 Å². The molecule has 4 aromatic carbocycles. The molecule has 0 aliphatic heterocycles. The highest BCUT2D eigenvalue weighted by Crippen LogP contribution is 2.43. The Morgan fingerprint density at radius 2 is 0.980 bits per heavy atom. The van der Waals surface area contributed by atoms with E-state index in [2.05, 4.69) is 15.9 Å². The Morgan fingerprint density at radius 1 is 0.588 bits per heavy atom. The zero-order chi connectivity index (χ0) is 37.1. The van der Waals surface area contributed by atoms with Crippen LogP contribution in [0.25, 0.3) is 21.5 Å². The van der Waals surface area contributed by atoms with Crippen molar-refractivity contribution < 1.29 is 58.2 Å². The summed E-state index contributed by atoms with van der Waals surface area (Å²) in [5.74, 6) is -2.67. The molecule has 2 fully saturated rings. The molecule has 0 heterocycles. The molecule has 0 bridgehead atoms. The average molecular weight is 796 g/mol. The van der Waals surface area contributed by atoms with Gasteiger partial charge in [-0.1, -0.05) is 46.3 Å². The van der Waals surface area contributed by atoms with Crippen LogP contribution in [-0.2, 0) is 0 Å². The van der Waals surface area contributed by atoms with Gasteiger partial charge in [0.2, 0.25) is 0 Å². The number of rotatable bonds is 7. The lowest BCUT2D eigenvalue weighted by Crippen LogP contribution is -2.32. The lowest BCUT2D eigenvalue weighted by Gasteiger charge is -2.30. The van der Waals surface area contributed by atoms with Crippen LogP contribution in [0.5, 0.6) is 11.5 Å². The molecule has 14 heteroatoms. The van der Waals surface area contributed by atoms with E-state index in [0.717, 1.165) is 0 Å². The third-order valence-corrected chi connectivity index (χ3v) is 9.96. The van der Waals surface area contributed by atoms with Gasteiger partial charge in [0.05, 0.1) is 35.2 Å². The average Bonchev–Trinajstić information content (AvgIpc) is 3.07. The molecule has 276 valence electrons. The highest BCUT2D eigenvalue weighted by molar-refractivity contribution is 9.10. The number of hydrogen-bond donors (Lipinski definition) is 0. The minimum atomic E-state index is -4.23. The van der Waals surface area contributed by atoms with Crippen LogP contribution in [0.4, 0.5) is 43.9 Å². The van der Waals surface area contributed by atoms with Gasteiger partial charge in [0, 0.05) is 10.0 Å². The normalized spacial score (nSPS) is 21.4. The van der Waals surface area contributed by atoms with Crippen LogP contribution in [0.1, 0.15) is 85.7 Å². The second kappa shape index (κ2) is 16.0. The van der Waals surface area contributed by atoms with Crippen LogP contribution in [0, 0.1) is 11.8 Å². The van der Waals surface area contributed by atoms with Crippen LogP contribution >= 0.6 is 15.9 Å². The van der Waals surface area contributed by atoms with Gasteiger partial charge in [0.1, 0.15) is 17.8 Å². The molecule has 2 saturated carbocycles. The highest BCUT2D eigenvalue weighted by atomic mass is 79.9. The molecule has 0 aromatic heterocycles. The predicted molar refractivity (Wildman–Crippen MR) is 176 cm³/mol. The summed E-state index contributed by atoms with van der Waals surface area (Å²) in [4.78, 5) is 10.9. The van der Waals surface area contributed by atoms with Crippen molar-refractivity contribution >= 4 is 43.8 Å². The fourth-order valence-electron chi connectivity index (χ4n) is 6.74. The molecule has 0 saturated heterocycles. The lowest BCUT2D eigenvalue weighted by molar-refractivity contribution is -0.186. The largest absolute Gasteiger partial charge is 0.490 e. The van der Waals surface area contributed by atoms with Crippen LogP contribution in [-0.4, -0.2) is 30.8 Å². The third-order valence-electron chi connectivity index (χ3n) is 9.47. The van der Waals surface area contributed by atoms with Crippen molar-refractivity contribution in [2.75, 3.05) is 0 Å². The van der Waals surface area contributed by atoms with Crippen molar-refractivity contribution in [1.82, 2.24) is 0 Å². The molecule has 3 nitrogen and oxygen atoms in total. The van der Waals surface area contributed by atoms with Crippen molar-refractivity contribution in [3.63, 3.8) is 0 Å². The van der Waals surface area contributed by atoms with Gasteiger partial charge >= 0.3 is 12.4 Å². The predicted octanol–water partition coefficient (Wildman–Crippen LogP) is 13.1. The van der Waals surface area contributed by atoms with E-state index in [-0.39, 0.29) is 84.9 Å². The number of ether oxygens (including phenoxy) is 2. The Balaban J connectivity index is 0.000000198. The second-order valence-electron chi connectivity index (χ2n) is 12.8. The van der Waals surface area contributed by atoms with Gasteiger partial charge in [-0.15, -0.1) is 0 Å². The zero-order valence-corrected chi connectivity index (χ0v) is 28.4. The van der Waals surface area contributed by atoms with Gasteiger partial charge < -0.3 is 9.47 Å². The van der Waals surface area contributed by atoms with Gasteiger partial charge in [-0.3, -0.25) is 4.79 Å². The maximum Gasteiger partial charge on any atom is 0.391 e. The maximum absolute atomic E-state index is 13.6. The molecule has 0 spiro atoms. The van der Waals surface area contributed by atoms with E-state index in [4.69, 9.17) is 9.47 Å². The minimum absolute atomic E-state index is 0.0304. The van der Waals surface area contributed by atoms with E-state index in [0.29, 0.717) is 26.9 Å². The monoisotopic (exact) mass is 794 g/mol. The molecule has 2 aliphatic rings. The van der Waals surface area contributed by atoms with Gasteiger partial charge in [-0.25, -0.2) is 17.6 Å². The molecule has 0 radical (unpaired) electrons. The summed E-state index contributed by atoms with van der Waals surface area (Å²) < 4.78 is 143. The molecular formula is C37H33BrF10O3. The Hall–Kier alpha value is -3.55. The zero-order valence-electron chi connectivity index (χ0n) is 26.9. The fraction of sp³-hybridized carbons (Fsp3) is 0.432. The summed E-state index contributed by atoms with van der Waals surface area (Å²) in [5.41, 5.74) is -0.275. The van der Waals surface area contributed by atoms with Crippen molar-refractivity contribution in [1.29, 1.82) is 0 Å². The van der Waals surface area contributed by atoms with Crippen molar-refractivity contribution in [2.45, 2.75) is 88.8 Å². The standard InChI is InChI=1S/C19H17F5O2.C18H16BrF5O/c20-18(21)17-15-9-11(10-25)1-2-12(15)3-8-16(17)26-14-6-4-13(5-7-14)19(22,23)24;19-12-5-1-10-2-8-15(16(17(20)21)14(10)9-12)25-13-6-3-11(4-7-13)18(22,23)24/h1-3,8-10,13-14,18H,4-7H2;1-2,5,8-9,11,13,17H,3-4,6-7H2. The van der Waals surface area contributed by atoms with Crippen LogP contribution in [0.2, 0.25) is 0 Å². The van der Waals surface area contributed by atoms with Crippen LogP contribution in [0.15, 0.2) is 65.1 Å². The topological polar surface area (TPSA) is 35.5 Å². The molecule has 51 heavy (non-hydrogen) atoms. The Morgan fingerprint density at radius 3 is 1.37 bits per heavy atom. The molecule has 4 aromatic rings. The Labute approximate surface area is 295 Å². The number of carbonyl (C=O) groups excluding carboxylic acids is 1. The summed E-state index contributed by atoms with van der Waals surface area (Å²) in [6, 6.07) is 15.7. The summed E-state index contributed by atoms with van der Waals surface area (Å²) in [6.07, 6.45) is -13.9. The van der Waals surface area contributed by atoms with Gasteiger partial charge in [0.25, 0.3) is 12.9 Å². The number of halogens is 11. The Bertz CT molecular complexity index is 1810. The molecule has 6 rings (SSSR count). The third kappa shape index (κ3) is 9.47. The minimum Gasteiger partial charge on any atom is -0.490 e. The highest BCUT2D eigenvalue weighted by Gasteiger charge is 2.43. The van der Waals surface area contributed by atoms with E-state index < -0.39 is 49.2 Å². The number of aldehydes is 1. The number of carbonyl (C=O) groups is 1. The van der Waals surface area contributed by atoms with E-state index in [9.17, 15) is 48.7 Å². The molecule has 0 N–H and O–H groups in total. The number of fused-ring (bicyclic) bond motifs is 2. The Kier molecular flexibility index (Phi) is 12.1. The molecule has 2 aliphatic carbocycles. The molecular weight excluding hydrogens is 762 g/mol.